The van der Waals surface area contributed by atoms with E-state index in [0.717, 1.165) is 6.42 Å². The summed E-state index contributed by atoms with van der Waals surface area (Å²) in [6.45, 7) is 1.94. The maximum Gasteiger partial charge on any atom is 0.0953 e. The summed E-state index contributed by atoms with van der Waals surface area (Å²) >= 11 is 0. The van der Waals surface area contributed by atoms with Crippen LogP contribution in [0.4, 0.5) is 0 Å². The van der Waals surface area contributed by atoms with Gasteiger partial charge < -0.3 is 21.4 Å². The lowest BCUT2D eigenvalue weighted by Crippen LogP contribution is -2.68. The second-order valence-electron chi connectivity index (χ2n) is 2.78. The van der Waals surface area contributed by atoms with E-state index in [-0.39, 0.29) is 18.5 Å². The minimum Gasteiger partial charge on any atom is -0.550 e. The number of carbonyl (C=O) groups excluding carboxylic acids is 1. The van der Waals surface area contributed by atoms with Gasteiger partial charge in [-0.2, -0.15) is 0 Å². The van der Waals surface area contributed by atoms with Crippen LogP contribution in [0.3, 0.4) is 0 Å². The lowest BCUT2D eigenvalue weighted by Gasteiger charge is -2.08. The van der Waals surface area contributed by atoms with Crippen molar-refractivity contribution in [3.8, 4) is 0 Å². The summed E-state index contributed by atoms with van der Waals surface area (Å²) in [4.78, 5) is 10.0. The van der Waals surface area contributed by atoms with Gasteiger partial charge in [0, 0.05) is 12.4 Å². The first-order valence-electron chi connectivity index (χ1n) is 3.38. The average molecular weight is 147 g/mol. The van der Waals surface area contributed by atoms with Crippen molar-refractivity contribution in [2.45, 2.75) is 31.8 Å². The van der Waals surface area contributed by atoms with Crippen molar-refractivity contribution in [2.24, 2.45) is 0 Å². The molecule has 0 radical (unpaired) electrons. The summed E-state index contributed by atoms with van der Waals surface area (Å²) < 4.78 is 0. The highest BCUT2D eigenvalue weighted by Crippen LogP contribution is 1.92. The fourth-order valence-electron chi connectivity index (χ4n) is 0.888. The van der Waals surface area contributed by atoms with Crippen LogP contribution in [-0.4, -0.2) is 18.1 Å². The molecule has 6 N–H and O–H groups in total. The van der Waals surface area contributed by atoms with E-state index in [2.05, 4.69) is 11.5 Å². The van der Waals surface area contributed by atoms with Gasteiger partial charge in [-0.1, -0.05) is 0 Å². The number of carboxylic acids is 1. The fourth-order valence-corrected chi connectivity index (χ4v) is 0.888. The summed E-state index contributed by atoms with van der Waals surface area (Å²) in [7, 11) is 0. The molecule has 4 nitrogen and oxygen atoms in total. The zero-order valence-corrected chi connectivity index (χ0v) is 6.30. The van der Waals surface area contributed by atoms with Crippen LogP contribution >= 0.6 is 0 Å². The molecule has 0 heterocycles. The molecular formula is C6H15N2O2+. The van der Waals surface area contributed by atoms with E-state index in [1.165, 1.54) is 0 Å². The number of quaternary nitrogens is 2. The van der Waals surface area contributed by atoms with Crippen LogP contribution < -0.4 is 16.6 Å². The number of rotatable bonds is 4. The SMILES string of the molecule is C[C@H]([NH3+])C[C@H]([NH3+])CC(=O)[O-]. The Kier molecular flexibility index (Phi) is 3.99. The number of hydrogen-bond acceptors (Lipinski definition) is 2. The second-order valence-corrected chi connectivity index (χ2v) is 2.78. The Bertz CT molecular complexity index is 114. The van der Waals surface area contributed by atoms with Crippen molar-refractivity contribution in [1.82, 2.24) is 0 Å². The molecule has 0 bridgehead atoms. The van der Waals surface area contributed by atoms with E-state index in [1.807, 2.05) is 6.92 Å². The zero-order chi connectivity index (χ0) is 8.15. The maximum absolute atomic E-state index is 10.0. The van der Waals surface area contributed by atoms with Crippen LogP contribution in [-0.2, 0) is 4.79 Å². The Morgan fingerprint density at radius 3 is 2.40 bits per heavy atom. The summed E-state index contributed by atoms with van der Waals surface area (Å²) in [5.74, 6) is -1.03. The summed E-state index contributed by atoms with van der Waals surface area (Å²) in [6.07, 6.45) is 0.786. The molecule has 60 valence electrons. The van der Waals surface area contributed by atoms with E-state index < -0.39 is 5.97 Å². The van der Waals surface area contributed by atoms with Gasteiger partial charge in [0.25, 0.3) is 0 Å². The molecule has 0 spiro atoms. The Balaban J connectivity index is 3.43. The van der Waals surface area contributed by atoms with E-state index in [9.17, 15) is 9.90 Å². The number of aliphatic carboxylic acids is 1. The normalized spacial score (nSPS) is 16.3. The Hall–Kier alpha value is -0.610. The number of carboxylic acid groups (broad SMARTS) is 1. The predicted octanol–water partition coefficient (Wildman–Crippen LogP) is -3.24. The molecule has 0 aliphatic rings. The zero-order valence-electron chi connectivity index (χ0n) is 6.30. The molecule has 4 heteroatoms. The van der Waals surface area contributed by atoms with Gasteiger partial charge >= 0.3 is 0 Å². The van der Waals surface area contributed by atoms with Crippen LogP contribution in [0.1, 0.15) is 19.8 Å². The van der Waals surface area contributed by atoms with Crippen LogP contribution in [0.5, 0.6) is 0 Å². The molecule has 0 aliphatic carbocycles. The molecule has 2 atom stereocenters. The van der Waals surface area contributed by atoms with Crippen molar-refractivity contribution in [2.75, 3.05) is 0 Å². The van der Waals surface area contributed by atoms with Crippen molar-refractivity contribution in [3.05, 3.63) is 0 Å². The second kappa shape index (κ2) is 4.24. The molecule has 0 saturated carbocycles. The molecular weight excluding hydrogens is 132 g/mol. The lowest BCUT2D eigenvalue weighted by atomic mass is 10.1. The smallest absolute Gasteiger partial charge is 0.0953 e. The molecule has 0 fully saturated rings. The van der Waals surface area contributed by atoms with Gasteiger partial charge in [-0.15, -0.1) is 0 Å². The largest absolute Gasteiger partial charge is 0.550 e. The Labute approximate surface area is 60.2 Å². The molecule has 0 aromatic carbocycles. The van der Waals surface area contributed by atoms with Gasteiger partial charge in [0.15, 0.2) is 0 Å². The first kappa shape index (κ1) is 9.39. The average Bonchev–Trinajstić information content (AvgIpc) is 1.58. The molecule has 0 amide bonds. The minimum absolute atomic E-state index is 0.0415. The number of hydrogen-bond donors (Lipinski definition) is 2. The van der Waals surface area contributed by atoms with Gasteiger partial charge in [0.1, 0.15) is 0 Å². The fraction of sp³-hybridized carbons (Fsp3) is 0.833. The summed E-state index contributed by atoms with van der Waals surface area (Å²) in [5, 5.41) is 10.0. The topological polar surface area (TPSA) is 95.4 Å². The monoisotopic (exact) mass is 147 g/mol. The van der Waals surface area contributed by atoms with Crippen molar-refractivity contribution < 1.29 is 21.4 Å². The third kappa shape index (κ3) is 5.53. The van der Waals surface area contributed by atoms with Crippen molar-refractivity contribution in [1.29, 1.82) is 0 Å². The molecule has 0 unspecified atom stereocenters. The van der Waals surface area contributed by atoms with Crippen LogP contribution in [0.15, 0.2) is 0 Å². The highest BCUT2D eigenvalue weighted by Gasteiger charge is 2.10. The third-order valence-electron chi connectivity index (χ3n) is 1.19. The predicted molar refractivity (Wildman–Crippen MR) is 33.3 cm³/mol. The molecule has 0 saturated heterocycles. The van der Waals surface area contributed by atoms with Gasteiger partial charge in [-0.05, 0) is 6.92 Å². The Morgan fingerprint density at radius 1 is 1.60 bits per heavy atom. The summed E-state index contributed by atoms with van der Waals surface area (Å²) in [6, 6.07) is 0.208. The van der Waals surface area contributed by atoms with Crippen molar-refractivity contribution in [3.63, 3.8) is 0 Å². The molecule has 0 aromatic rings. The highest BCUT2D eigenvalue weighted by molar-refractivity contribution is 5.64. The first-order chi connectivity index (χ1) is 4.52. The van der Waals surface area contributed by atoms with E-state index in [1.54, 1.807) is 0 Å². The maximum atomic E-state index is 10.0. The van der Waals surface area contributed by atoms with Crippen LogP contribution in [0, 0.1) is 0 Å². The first-order valence-corrected chi connectivity index (χ1v) is 3.38. The van der Waals surface area contributed by atoms with Crippen molar-refractivity contribution >= 4 is 5.97 Å². The van der Waals surface area contributed by atoms with Gasteiger partial charge in [0.2, 0.25) is 0 Å². The standard InChI is InChI=1S/C6H14N2O2/c1-4(7)2-5(8)3-6(9)10/h4-5H,2-3,7-8H2,1H3,(H,9,10)/p+1/t4-,5-/m0/s1. The van der Waals surface area contributed by atoms with E-state index in [0.29, 0.717) is 0 Å². The number of carbonyl (C=O) groups is 1. The lowest BCUT2D eigenvalue weighted by molar-refractivity contribution is -0.463. The van der Waals surface area contributed by atoms with E-state index in [4.69, 9.17) is 0 Å². The summed E-state index contributed by atoms with van der Waals surface area (Å²) in [5.41, 5.74) is 7.39. The van der Waals surface area contributed by atoms with E-state index >= 15 is 0 Å². The molecule has 0 aromatic heterocycles. The van der Waals surface area contributed by atoms with Gasteiger partial charge in [0.05, 0.1) is 18.5 Å². The highest BCUT2D eigenvalue weighted by atomic mass is 16.4. The molecule has 0 aliphatic heterocycles. The van der Waals surface area contributed by atoms with Gasteiger partial charge in [-0.3, -0.25) is 0 Å². The molecule has 0 rings (SSSR count). The minimum atomic E-state index is -1.03. The van der Waals surface area contributed by atoms with Gasteiger partial charge in [-0.25, -0.2) is 0 Å². The molecule has 10 heavy (non-hydrogen) atoms. The quantitative estimate of drug-likeness (QED) is 0.437. The Morgan fingerprint density at radius 2 is 2.10 bits per heavy atom. The van der Waals surface area contributed by atoms with Crippen LogP contribution in [0.25, 0.3) is 0 Å². The third-order valence-corrected chi connectivity index (χ3v) is 1.19. The van der Waals surface area contributed by atoms with Crippen LogP contribution in [0.2, 0.25) is 0 Å².